The fourth-order valence-corrected chi connectivity index (χ4v) is 3.59. The maximum absolute atomic E-state index is 13.0. The molecule has 6 heteroatoms. The molecule has 2 atom stereocenters. The molecule has 1 saturated heterocycles. The van der Waals surface area contributed by atoms with Crippen molar-refractivity contribution in [3.8, 4) is 0 Å². The Balaban J connectivity index is 1.75. The van der Waals surface area contributed by atoms with Crippen molar-refractivity contribution in [2.45, 2.75) is 31.8 Å². The molecule has 3 rings (SSSR count). The van der Waals surface area contributed by atoms with Crippen molar-refractivity contribution >= 4 is 17.2 Å². The van der Waals surface area contributed by atoms with Crippen molar-refractivity contribution in [1.82, 2.24) is 9.88 Å². The molecule has 22 heavy (non-hydrogen) atoms. The van der Waals surface area contributed by atoms with Gasteiger partial charge in [-0.2, -0.15) is 0 Å². The number of halogens is 1. The Bertz CT molecular complexity index is 670. The molecule has 2 heterocycles. The molecule has 1 aliphatic heterocycles. The summed E-state index contributed by atoms with van der Waals surface area (Å²) < 4.78 is 13.0. The summed E-state index contributed by atoms with van der Waals surface area (Å²) in [6.07, 6.45) is 0.880. The van der Waals surface area contributed by atoms with E-state index in [4.69, 9.17) is 5.73 Å². The van der Waals surface area contributed by atoms with Crippen LogP contribution in [0.1, 0.15) is 40.3 Å². The van der Waals surface area contributed by atoms with Gasteiger partial charge in [-0.15, -0.1) is 11.3 Å². The predicted molar refractivity (Wildman–Crippen MR) is 84.3 cm³/mol. The monoisotopic (exact) mass is 319 g/mol. The van der Waals surface area contributed by atoms with E-state index in [1.807, 2.05) is 11.8 Å². The topological polar surface area (TPSA) is 59.2 Å². The van der Waals surface area contributed by atoms with E-state index in [2.05, 4.69) is 4.98 Å². The minimum absolute atomic E-state index is 0.0481. The molecule has 0 aliphatic carbocycles. The Hall–Kier alpha value is -1.79. The summed E-state index contributed by atoms with van der Waals surface area (Å²) in [5.41, 5.74) is 7.09. The molecular formula is C16H18FN3OS. The van der Waals surface area contributed by atoms with E-state index < -0.39 is 0 Å². The molecule has 0 spiro atoms. The van der Waals surface area contributed by atoms with Gasteiger partial charge in [0.2, 0.25) is 0 Å². The largest absolute Gasteiger partial charge is 0.334 e. The van der Waals surface area contributed by atoms with Gasteiger partial charge in [-0.25, -0.2) is 9.37 Å². The highest BCUT2D eigenvalue weighted by Gasteiger charge is 2.34. The predicted octanol–water partition coefficient (Wildman–Crippen LogP) is 2.76. The fourth-order valence-electron chi connectivity index (χ4n) is 2.94. The zero-order valence-electron chi connectivity index (χ0n) is 12.3. The van der Waals surface area contributed by atoms with Crippen molar-refractivity contribution in [3.05, 3.63) is 51.7 Å². The van der Waals surface area contributed by atoms with Gasteiger partial charge < -0.3 is 10.6 Å². The van der Waals surface area contributed by atoms with Crippen molar-refractivity contribution in [2.75, 3.05) is 6.54 Å². The quantitative estimate of drug-likeness (QED) is 0.946. The second kappa shape index (κ2) is 6.14. The van der Waals surface area contributed by atoms with Crippen LogP contribution in [-0.2, 0) is 6.54 Å². The minimum Gasteiger partial charge on any atom is -0.334 e. The number of likely N-dealkylation sites (tertiary alicyclic amines) is 1. The van der Waals surface area contributed by atoms with Crippen LogP contribution in [0.4, 0.5) is 4.39 Å². The maximum atomic E-state index is 13.0. The molecule has 0 bridgehead atoms. The highest BCUT2D eigenvalue weighted by molar-refractivity contribution is 7.09. The molecule has 1 fully saturated rings. The number of amides is 1. The van der Waals surface area contributed by atoms with Crippen molar-refractivity contribution < 1.29 is 9.18 Å². The van der Waals surface area contributed by atoms with E-state index in [9.17, 15) is 9.18 Å². The van der Waals surface area contributed by atoms with Crippen molar-refractivity contribution in [3.63, 3.8) is 0 Å². The zero-order chi connectivity index (χ0) is 15.7. The maximum Gasteiger partial charge on any atom is 0.273 e. The van der Waals surface area contributed by atoms with Crippen LogP contribution in [0.5, 0.6) is 0 Å². The van der Waals surface area contributed by atoms with Crippen molar-refractivity contribution in [2.24, 2.45) is 5.73 Å². The van der Waals surface area contributed by atoms with E-state index in [1.165, 1.54) is 23.5 Å². The molecule has 1 amide bonds. The Morgan fingerprint density at radius 2 is 2.18 bits per heavy atom. The number of benzene rings is 1. The first-order valence-electron chi connectivity index (χ1n) is 7.29. The summed E-state index contributed by atoms with van der Waals surface area (Å²) in [7, 11) is 0. The molecule has 0 radical (unpaired) electrons. The zero-order valence-corrected chi connectivity index (χ0v) is 13.1. The van der Waals surface area contributed by atoms with Gasteiger partial charge in [-0.3, -0.25) is 4.79 Å². The third kappa shape index (κ3) is 2.89. The van der Waals surface area contributed by atoms with Crippen LogP contribution >= 0.6 is 11.3 Å². The molecule has 2 aromatic rings. The Kier molecular flexibility index (Phi) is 4.22. The standard InChI is InChI=1S/C16H18FN3OS/c1-10-6-12(11-2-4-13(17)5-3-11)8-20(10)16(21)14-9-22-15(7-18)19-14/h2-5,9-10,12H,6-8,18H2,1H3/t10-,12+/m0/s1. The minimum atomic E-state index is -0.237. The number of nitrogens with two attached hydrogens (primary N) is 1. The molecule has 1 aliphatic rings. The summed E-state index contributed by atoms with van der Waals surface area (Å²) in [5, 5.41) is 2.54. The highest BCUT2D eigenvalue weighted by atomic mass is 32.1. The smallest absolute Gasteiger partial charge is 0.273 e. The van der Waals surface area contributed by atoms with Gasteiger partial charge in [0.1, 0.15) is 16.5 Å². The lowest BCUT2D eigenvalue weighted by Crippen LogP contribution is -2.34. The van der Waals surface area contributed by atoms with E-state index >= 15 is 0 Å². The van der Waals surface area contributed by atoms with Gasteiger partial charge in [0.15, 0.2) is 0 Å². The Morgan fingerprint density at radius 1 is 1.45 bits per heavy atom. The Morgan fingerprint density at radius 3 is 2.82 bits per heavy atom. The van der Waals surface area contributed by atoms with E-state index in [-0.39, 0.29) is 23.7 Å². The number of nitrogens with zero attached hydrogens (tertiary/aromatic N) is 2. The molecule has 1 aromatic carbocycles. The Labute approximate surface area is 132 Å². The lowest BCUT2D eigenvalue weighted by atomic mass is 9.97. The second-order valence-electron chi connectivity index (χ2n) is 5.62. The lowest BCUT2D eigenvalue weighted by Gasteiger charge is -2.20. The molecule has 116 valence electrons. The number of hydrogen-bond acceptors (Lipinski definition) is 4. The number of hydrogen-bond donors (Lipinski definition) is 1. The van der Waals surface area contributed by atoms with Crippen LogP contribution in [0.3, 0.4) is 0 Å². The van der Waals surface area contributed by atoms with E-state index in [1.54, 1.807) is 17.5 Å². The average Bonchev–Trinajstić information content (AvgIpc) is 3.14. The SMILES string of the molecule is C[C@H]1C[C@@H](c2ccc(F)cc2)CN1C(=O)c1csc(CN)n1. The number of rotatable bonds is 3. The van der Waals surface area contributed by atoms with Gasteiger partial charge >= 0.3 is 0 Å². The molecule has 0 saturated carbocycles. The van der Waals surface area contributed by atoms with Crippen LogP contribution in [0, 0.1) is 5.82 Å². The number of aromatic nitrogens is 1. The van der Waals surface area contributed by atoms with E-state index in [0.29, 0.717) is 18.8 Å². The third-order valence-corrected chi connectivity index (χ3v) is 4.99. The van der Waals surface area contributed by atoms with E-state index in [0.717, 1.165) is 17.0 Å². The van der Waals surface area contributed by atoms with Crippen LogP contribution in [0.15, 0.2) is 29.6 Å². The van der Waals surface area contributed by atoms with Gasteiger partial charge in [-0.05, 0) is 31.0 Å². The fraction of sp³-hybridized carbons (Fsp3) is 0.375. The summed E-state index contributed by atoms with van der Waals surface area (Å²) in [6.45, 7) is 3.03. The molecule has 0 unspecified atom stereocenters. The molecule has 4 nitrogen and oxygen atoms in total. The first-order valence-corrected chi connectivity index (χ1v) is 8.17. The number of carbonyl (C=O) groups excluding carboxylic acids is 1. The summed E-state index contributed by atoms with van der Waals surface area (Å²) in [4.78, 5) is 18.7. The second-order valence-corrected chi connectivity index (χ2v) is 6.56. The first kappa shape index (κ1) is 15.1. The van der Waals surface area contributed by atoms with Crippen LogP contribution in [0.2, 0.25) is 0 Å². The van der Waals surface area contributed by atoms with Crippen LogP contribution < -0.4 is 5.73 Å². The molecule has 1 aromatic heterocycles. The lowest BCUT2D eigenvalue weighted by molar-refractivity contribution is 0.0740. The summed E-state index contributed by atoms with van der Waals surface area (Å²) in [5.74, 6) is -0.0419. The van der Waals surface area contributed by atoms with Crippen molar-refractivity contribution in [1.29, 1.82) is 0 Å². The summed E-state index contributed by atoms with van der Waals surface area (Å²) >= 11 is 1.41. The molecule has 2 N–H and O–H groups in total. The van der Waals surface area contributed by atoms with Crippen LogP contribution in [-0.4, -0.2) is 28.4 Å². The number of carbonyl (C=O) groups is 1. The number of thiazole rings is 1. The highest BCUT2D eigenvalue weighted by Crippen LogP contribution is 2.32. The average molecular weight is 319 g/mol. The third-order valence-electron chi connectivity index (χ3n) is 4.12. The summed E-state index contributed by atoms with van der Waals surface area (Å²) in [6, 6.07) is 6.69. The van der Waals surface area contributed by atoms with Gasteiger partial charge in [-0.1, -0.05) is 12.1 Å². The van der Waals surface area contributed by atoms with Gasteiger partial charge in [0, 0.05) is 30.4 Å². The molecular weight excluding hydrogens is 301 g/mol. The van der Waals surface area contributed by atoms with Crippen LogP contribution in [0.25, 0.3) is 0 Å². The normalized spacial score (nSPS) is 21.3. The van der Waals surface area contributed by atoms with Gasteiger partial charge in [0.25, 0.3) is 5.91 Å². The first-order chi connectivity index (χ1) is 10.6. The van der Waals surface area contributed by atoms with Gasteiger partial charge in [0.05, 0.1) is 0 Å².